The average molecular weight is 288 g/mol. The highest BCUT2D eigenvalue weighted by Gasteiger charge is 2.10. The van der Waals surface area contributed by atoms with Gasteiger partial charge in [-0.25, -0.2) is 9.48 Å². The summed E-state index contributed by atoms with van der Waals surface area (Å²) in [4.78, 5) is 12.0. The molecule has 2 amide bonds. The number of carbonyl (C=O) groups is 1. The van der Waals surface area contributed by atoms with Crippen LogP contribution in [0.15, 0.2) is 36.5 Å². The van der Waals surface area contributed by atoms with Gasteiger partial charge in [0.05, 0.1) is 12.3 Å². The summed E-state index contributed by atoms with van der Waals surface area (Å²) in [7, 11) is 0. The van der Waals surface area contributed by atoms with Crippen LogP contribution in [0.1, 0.15) is 38.5 Å². The summed E-state index contributed by atoms with van der Waals surface area (Å²) < 4.78 is 1.73. The lowest BCUT2D eigenvalue weighted by Gasteiger charge is -2.13. The van der Waals surface area contributed by atoms with Crippen LogP contribution in [-0.2, 0) is 0 Å². The molecule has 0 aliphatic rings. The van der Waals surface area contributed by atoms with Gasteiger partial charge in [-0.05, 0) is 38.5 Å². The molecule has 3 N–H and O–H groups in total. The third kappa shape index (κ3) is 3.82. The van der Waals surface area contributed by atoms with Gasteiger partial charge in [0.2, 0.25) is 0 Å². The van der Waals surface area contributed by atoms with Gasteiger partial charge in [-0.3, -0.25) is 5.32 Å². The Hall–Kier alpha value is -2.34. The summed E-state index contributed by atoms with van der Waals surface area (Å²) in [6, 6.07) is 8.66. The van der Waals surface area contributed by atoms with E-state index in [1.54, 1.807) is 42.1 Å². The molecule has 21 heavy (non-hydrogen) atoms. The summed E-state index contributed by atoms with van der Waals surface area (Å²) >= 11 is 0. The number of nitrogens with zero attached hydrogens (tertiary/aromatic N) is 2. The number of hydrogen-bond acceptors (Lipinski definition) is 3. The zero-order chi connectivity index (χ0) is 15.4. The Morgan fingerprint density at radius 3 is 2.67 bits per heavy atom. The molecule has 2 aromatic rings. The molecule has 0 saturated carbocycles. The van der Waals surface area contributed by atoms with E-state index in [0.29, 0.717) is 11.5 Å². The lowest BCUT2D eigenvalue weighted by Crippen LogP contribution is -2.22. The quantitative estimate of drug-likeness (QED) is 0.808. The van der Waals surface area contributed by atoms with Gasteiger partial charge in [0, 0.05) is 17.8 Å². The molecule has 0 aliphatic carbocycles. The monoisotopic (exact) mass is 288 g/mol. The predicted octanol–water partition coefficient (Wildman–Crippen LogP) is 3.16. The number of urea groups is 1. The molecule has 1 heterocycles. The van der Waals surface area contributed by atoms with E-state index in [9.17, 15) is 9.90 Å². The van der Waals surface area contributed by atoms with E-state index in [1.807, 2.05) is 19.9 Å². The van der Waals surface area contributed by atoms with Gasteiger partial charge in [0.25, 0.3) is 0 Å². The van der Waals surface area contributed by atoms with Crippen LogP contribution in [0.4, 0.5) is 16.3 Å². The Morgan fingerprint density at radius 1 is 1.24 bits per heavy atom. The molecule has 6 heteroatoms. The molecule has 0 aliphatic heterocycles. The van der Waals surface area contributed by atoms with Crippen LogP contribution in [0.3, 0.4) is 0 Å². The second kappa shape index (κ2) is 6.41. The molecule has 0 radical (unpaired) electrons. The van der Waals surface area contributed by atoms with Gasteiger partial charge in [-0.1, -0.05) is 12.1 Å². The number of nitrogens with one attached hydrogen (secondary N) is 2. The third-order valence-corrected chi connectivity index (χ3v) is 3.03. The number of hydrogen-bond donors (Lipinski definition) is 3. The number of amides is 2. The number of aromatic nitrogens is 2. The largest absolute Gasteiger partial charge is 0.389 e. The fraction of sp³-hybridized carbons (Fsp3) is 0.333. The maximum Gasteiger partial charge on any atom is 0.324 e. The maximum atomic E-state index is 12.0. The van der Waals surface area contributed by atoms with Crippen molar-refractivity contribution in [3.05, 3.63) is 42.1 Å². The van der Waals surface area contributed by atoms with Crippen molar-refractivity contribution in [2.45, 2.75) is 32.9 Å². The summed E-state index contributed by atoms with van der Waals surface area (Å²) in [5.41, 5.74) is 1.38. The van der Waals surface area contributed by atoms with Crippen molar-refractivity contribution < 1.29 is 9.90 Å². The Labute approximate surface area is 123 Å². The fourth-order valence-corrected chi connectivity index (χ4v) is 1.98. The van der Waals surface area contributed by atoms with Gasteiger partial charge in [-0.15, -0.1) is 0 Å². The lowest BCUT2D eigenvalue weighted by molar-refractivity contribution is 0.199. The molecule has 112 valence electrons. The summed E-state index contributed by atoms with van der Waals surface area (Å²) in [5, 5.41) is 19.2. The number of rotatable bonds is 4. The van der Waals surface area contributed by atoms with E-state index >= 15 is 0 Å². The van der Waals surface area contributed by atoms with Crippen molar-refractivity contribution in [1.82, 2.24) is 9.78 Å². The van der Waals surface area contributed by atoms with Gasteiger partial charge in [0.1, 0.15) is 5.82 Å². The van der Waals surface area contributed by atoms with Crippen molar-refractivity contribution in [2.75, 3.05) is 10.6 Å². The van der Waals surface area contributed by atoms with Crippen molar-refractivity contribution in [3.8, 4) is 0 Å². The smallest absolute Gasteiger partial charge is 0.324 e. The summed E-state index contributed by atoms with van der Waals surface area (Å²) in [6.07, 6.45) is 1.07. The molecule has 0 fully saturated rings. The first kappa shape index (κ1) is 15.1. The molecular weight excluding hydrogens is 268 g/mol. The van der Waals surface area contributed by atoms with Crippen LogP contribution in [0.2, 0.25) is 0 Å². The van der Waals surface area contributed by atoms with E-state index in [4.69, 9.17) is 0 Å². The molecule has 0 bridgehead atoms. The highest BCUT2D eigenvalue weighted by Crippen LogP contribution is 2.18. The minimum absolute atomic E-state index is 0.161. The van der Waals surface area contributed by atoms with E-state index in [1.165, 1.54) is 0 Å². The number of anilines is 2. The standard InChI is InChI=1S/C15H20N4O2/c1-10(2)19-14(7-8-16-19)18-15(21)17-13-6-4-5-12(9-13)11(3)20/h4-11,20H,1-3H3,(H2,17,18,21). The molecule has 1 aromatic carbocycles. The normalized spacial score (nSPS) is 12.2. The Kier molecular flexibility index (Phi) is 4.59. The number of carbonyl (C=O) groups excluding carboxylic acids is 1. The lowest BCUT2D eigenvalue weighted by atomic mass is 10.1. The van der Waals surface area contributed by atoms with Crippen molar-refractivity contribution in [2.24, 2.45) is 0 Å². The molecule has 0 saturated heterocycles. The number of aliphatic hydroxyl groups is 1. The van der Waals surface area contributed by atoms with Crippen molar-refractivity contribution >= 4 is 17.5 Å². The van der Waals surface area contributed by atoms with Crippen LogP contribution in [0, 0.1) is 0 Å². The summed E-state index contributed by atoms with van der Waals surface area (Å²) in [5.74, 6) is 0.634. The first-order valence-electron chi connectivity index (χ1n) is 6.87. The minimum Gasteiger partial charge on any atom is -0.389 e. The summed E-state index contributed by atoms with van der Waals surface area (Å²) in [6.45, 7) is 5.66. The Balaban J connectivity index is 2.05. The number of aliphatic hydroxyl groups excluding tert-OH is 1. The first-order chi connectivity index (χ1) is 9.97. The van der Waals surface area contributed by atoms with E-state index in [2.05, 4.69) is 15.7 Å². The van der Waals surface area contributed by atoms with Crippen LogP contribution in [0.5, 0.6) is 0 Å². The van der Waals surface area contributed by atoms with Gasteiger partial charge in [0.15, 0.2) is 0 Å². The fourth-order valence-electron chi connectivity index (χ4n) is 1.98. The van der Waals surface area contributed by atoms with Crippen molar-refractivity contribution in [1.29, 1.82) is 0 Å². The van der Waals surface area contributed by atoms with Crippen LogP contribution >= 0.6 is 0 Å². The second-order valence-corrected chi connectivity index (χ2v) is 5.14. The molecule has 0 spiro atoms. The topological polar surface area (TPSA) is 79.2 Å². The van der Waals surface area contributed by atoms with Crippen LogP contribution in [-0.4, -0.2) is 20.9 Å². The van der Waals surface area contributed by atoms with E-state index in [-0.39, 0.29) is 12.1 Å². The highest BCUT2D eigenvalue weighted by atomic mass is 16.3. The minimum atomic E-state index is -0.572. The second-order valence-electron chi connectivity index (χ2n) is 5.14. The van der Waals surface area contributed by atoms with Crippen molar-refractivity contribution in [3.63, 3.8) is 0 Å². The third-order valence-electron chi connectivity index (χ3n) is 3.03. The van der Waals surface area contributed by atoms with Crippen LogP contribution < -0.4 is 10.6 Å². The molecular formula is C15H20N4O2. The zero-order valence-electron chi connectivity index (χ0n) is 12.4. The predicted molar refractivity (Wildman–Crippen MR) is 82.3 cm³/mol. The van der Waals surface area contributed by atoms with Crippen LogP contribution in [0.25, 0.3) is 0 Å². The number of benzene rings is 1. The molecule has 1 atom stereocenters. The van der Waals surface area contributed by atoms with Gasteiger partial charge < -0.3 is 10.4 Å². The Bertz CT molecular complexity index is 620. The molecule has 2 rings (SSSR count). The van der Waals surface area contributed by atoms with E-state index in [0.717, 1.165) is 5.56 Å². The van der Waals surface area contributed by atoms with E-state index < -0.39 is 6.10 Å². The zero-order valence-corrected chi connectivity index (χ0v) is 12.4. The molecule has 6 nitrogen and oxygen atoms in total. The molecule has 1 unspecified atom stereocenters. The van der Waals surface area contributed by atoms with Gasteiger partial charge >= 0.3 is 6.03 Å². The molecule has 1 aromatic heterocycles. The maximum absolute atomic E-state index is 12.0. The SMILES string of the molecule is CC(O)c1cccc(NC(=O)Nc2ccnn2C(C)C)c1. The van der Waals surface area contributed by atoms with Gasteiger partial charge in [-0.2, -0.15) is 5.10 Å². The Morgan fingerprint density at radius 2 is 2.00 bits per heavy atom. The average Bonchev–Trinajstić information content (AvgIpc) is 2.87. The highest BCUT2D eigenvalue weighted by molar-refractivity contribution is 5.99. The first-order valence-corrected chi connectivity index (χ1v) is 6.87.